The molecular weight excluding hydrogens is 484 g/mol. The van der Waals surface area contributed by atoms with Gasteiger partial charge in [-0.1, -0.05) is 109 Å². The molecule has 1 aliphatic heterocycles. The fourth-order valence-corrected chi connectivity index (χ4v) is 8.20. The second-order valence-electron chi connectivity index (χ2n) is 11.5. The van der Waals surface area contributed by atoms with Gasteiger partial charge in [-0.15, -0.1) is 0 Å². The highest BCUT2D eigenvalue weighted by Gasteiger charge is 2.43. The summed E-state index contributed by atoms with van der Waals surface area (Å²) in [5, 5.41) is 8.05. The molecule has 2 aromatic heterocycles. The Hall–Kier alpha value is -4.82. The Balaban J connectivity index is 1.48. The van der Waals surface area contributed by atoms with Crippen LogP contribution in [0.3, 0.4) is 0 Å². The van der Waals surface area contributed by atoms with Gasteiger partial charge in [0.05, 0.1) is 28.3 Å². The quantitative estimate of drug-likeness (QED) is 0.213. The average molecular weight is 511 g/mol. The van der Waals surface area contributed by atoms with Crippen LogP contribution < -0.4 is 4.90 Å². The SMILES string of the molecule is C1=CC2c3c4c(c5c6cccc7c8ccccc8n(c5c3N(c3cccc5ccccc35)C2C=C1)c76)C=CCC4. The Morgan fingerprint density at radius 2 is 1.45 bits per heavy atom. The van der Waals surface area contributed by atoms with Gasteiger partial charge < -0.3 is 9.30 Å². The van der Waals surface area contributed by atoms with Crippen molar-refractivity contribution in [1.29, 1.82) is 0 Å². The lowest BCUT2D eigenvalue weighted by atomic mass is 9.82. The van der Waals surface area contributed by atoms with Gasteiger partial charge in [0.2, 0.25) is 0 Å². The van der Waals surface area contributed by atoms with E-state index in [2.05, 4.69) is 131 Å². The number of nitrogens with zero attached hydrogens (tertiary/aromatic N) is 2. The molecule has 0 saturated carbocycles. The molecule has 0 N–H and O–H groups in total. The number of para-hydroxylation sites is 2. The standard InChI is InChI=1S/C38H26N2/c1-2-13-24-23(11-1)12-9-22-31(24)39-33-21-8-6-17-29(33)34-26-15-3-4-16-27(26)35-30-19-10-18-28-25-14-5-7-20-32(25)40(36(28)30)38(35)37(34)39/h1-2,4-14,16-22,29,33H,3,15H2. The summed E-state index contributed by atoms with van der Waals surface area (Å²) in [6.45, 7) is 0. The third kappa shape index (κ3) is 2.42. The van der Waals surface area contributed by atoms with Gasteiger partial charge in [-0.05, 0) is 47.1 Å². The van der Waals surface area contributed by atoms with Gasteiger partial charge in [0.1, 0.15) is 0 Å². The lowest BCUT2D eigenvalue weighted by Crippen LogP contribution is -2.28. The number of fused-ring (bicyclic) bond motifs is 14. The van der Waals surface area contributed by atoms with Crippen molar-refractivity contribution >= 4 is 66.3 Å². The van der Waals surface area contributed by atoms with E-state index < -0.39 is 0 Å². The normalized spacial score (nSPS) is 19.4. The first-order valence-electron chi connectivity index (χ1n) is 14.4. The summed E-state index contributed by atoms with van der Waals surface area (Å²) in [6.07, 6.45) is 16.4. The van der Waals surface area contributed by atoms with Crippen molar-refractivity contribution in [2.75, 3.05) is 4.90 Å². The second kappa shape index (κ2) is 7.43. The number of hydrogen-bond donors (Lipinski definition) is 0. The molecule has 0 radical (unpaired) electrons. The molecule has 0 bridgehead atoms. The smallest absolute Gasteiger partial charge is 0.0788 e. The van der Waals surface area contributed by atoms with Crippen molar-refractivity contribution in [3.63, 3.8) is 0 Å². The Morgan fingerprint density at radius 3 is 2.42 bits per heavy atom. The molecule has 2 atom stereocenters. The fraction of sp³-hybridized carbons (Fsp3) is 0.105. The number of benzene rings is 5. The van der Waals surface area contributed by atoms with E-state index in [1.54, 1.807) is 5.56 Å². The molecule has 3 aliphatic rings. The monoisotopic (exact) mass is 510 g/mol. The first-order chi connectivity index (χ1) is 19.9. The molecule has 188 valence electrons. The van der Waals surface area contributed by atoms with Crippen LogP contribution in [0.2, 0.25) is 0 Å². The summed E-state index contributed by atoms with van der Waals surface area (Å²) >= 11 is 0. The number of hydrogen-bond acceptors (Lipinski definition) is 1. The number of anilines is 2. The summed E-state index contributed by atoms with van der Waals surface area (Å²) in [5.74, 6) is 0.325. The zero-order chi connectivity index (χ0) is 25.9. The maximum atomic E-state index is 2.69. The van der Waals surface area contributed by atoms with Gasteiger partial charge in [0.15, 0.2) is 0 Å². The molecule has 2 aliphatic carbocycles. The second-order valence-corrected chi connectivity index (χ2v) is 11.5. The Labute approximate surface area is 232 Å². The molecule has 0 spiro atoms. The third-order valence-corrected chi connectivity index (χ3v) is 9.67. The fourth-order valence-electron chi connectivity index (χ4n) is 8.20. The highest BCUT2D eigenvalue weighted by molar-refractivity contribution is 6.27. The van der Waals surface area contributed by atoms with Gasteiger partial charge >= 0.3 is 0 Å². The molecule has 3 heterocycles. The third-order valence-electron chi connectivity index (χ3n) is 9.67. The van der Waals surface area contributed by atoms with Crippen LogP contribution in [-0.4, -0.2) is 10.4 Å². The molecule has 0 fully saturated rings. The van der Waals surface area contributed by atoms with Crippen LogP contribution in [0.4, 0.5) is 11.4 Å². The van der Waals surface area contributed by atoms with Crippen LogP contribution in [0.15, 0.2) is 115 Å². The van der Waals surface area contributed by atoms with Gasteiger partial charge in [-0.25, -0.2) is 0 Å². The molecular formula is C38H26N2. The summed E-state index contributed by atoms with van der Waals surface area (Å²) in [6, 6.07) is 31.8. The van der Waals surface area contributed by atoms with Crippen molar-refractivity contribution in [2.24, 2.45) is 0 Å². The van der Waals surface area contributed by atoms with E-state index in [0.29, 0.717) is 5.92 Å². The largest absolute Gasteiger partial charge is 0.331 e. The van der Waals surface area contributed by atoms with Gasteiger partial charge in [-0.3, -0.25) is 0 Å². The van der Waals surface area contributed by atoms with Crippen molar-refractivity contribution in [1.82, 2.24) is 4.40 Å². The maximum Gasteiger partial charge on any atom is 0.0788 e. The summed E-state index contributed by atoms with van der Waals surface area (Å²) in [4.78, 5) is 2.69. The van der Waals surface area contributed by atoms with Gasteiger partial charge in [0, 0.05) is 38.5 Å². The van der Waals surface area contributed by atoms with Crippen LogP contribution >= 0.6 is 0 Å². The van der Waals surface area contributed by atoms with E-state index >= 15 is 0 Å². The van der Waals surface area contributed by atoms with Crippen LogP contribution in [-0.2, 0) is 6.42 Å². The summed E-state index contributed by atoms with van der Waals surface area (Å²) < 4.78 is 2.60. The summed E-state index contributed by atoms with van der Waals surface area (Å²) in [5.41, 5.74) is 11.2. The predicted octanol–water partition coefficient (Wildman–Crippen LogP) is 9.68. The molecule has 7 aromatic rings. The highest BCUT2D eigenvalue weighted by atomic mass is 15.2. The lowest BCUT2D eigenvalue weighted by Gasteiger charge is -2.30. The van der Waals surface area contributed by atoms with Crippen LogP contribution in [0.5, 0.6) is 0 Å². The first-order valence-corrected chi connectivity index (χ1v) is 14.4. The minimum atomic E-state index is 0.244. The Morgan fingerprint density at radius 1 is 0.675 bits per heavy atom. The van der Waals surface area contributed by atoms with Crippen LogP contribution in [0.1, 0.15) is 29.0 Å². The maximum absolute atomic E-state index is 2.69. The van der Waals surface area contributed by atoms with Crippen molar-refractivity contribution < 1.29 is 0 Å². The van der Waals surface area contributed by atoms with E-state index in [4.69, 9.17) is 0 Å². The molecule has 2 unspecified atom stereocenters. The van der Waals surface area contributed by atoms with Gasteiger partial charge in [-0.2, -0.15) is 0 Å². The number of rotatable bonds is 1. The van der Waals surface area contributed by atoms with Gasteiger partial charge in [0.25, 0.3) is 0 Å². The number of aromatic nitrogens is 1. The van der Waals surface area contributed by atoms with E-state index in [0.717, 1.165) is 12.8 Å². The molecule has 2 nitrogen and oxygen atoms in total. The highest BCUT2D eigenvalue weighted by Crippen LogP contribution is 2.57. The van der Waals surface area contributed by atoms with Crippen LogP contribution in [0, 0.1) is 0 Å². The zero-order valence-corrected chi connectivity index (χ0v) is 22.0. The molecule has 0 amide bonds. The molecule has 0 saturated heterocycles. The van der Waals surface area contributed by atoms with E-state index in [1.807, 2.05) is 0 Å². The zero-order valence-electron chi connectivity index (χ0n) is 22.0. The van der Waals surface area contributed by atoms with E-state index in [-0.39, 0.29) is 6.04 Å². The molecule has 5 aromatic carbocycles. The predicted molar refractivity (Wildman–Crippen MR) is 169 cm³/mol. The van der Waals surface area contributed by atoms with E-state index in [9.17, 15) is 0 Å². The molecule has 40 heavy (non-hydrogen) atoms. The Kier molecular flexibility index (Phi) is 3.91. The minimum absolute atomic E-state index is 0.244. The molecule has 2 heteroatoms. The van der Waals surface area contributed by atoms with Crippen molar-refractivity contribution in [2.45, 2.75) is 24.8 Å². The minimum Gasteiger partial charge on any atom is -0.331 e. The lowest BCUT2D eigenvalue weighted by molar-refractivity contribution is 0.739. The number of allylic oxidation sites excluding steroid dienone is 3. The van der Waals surface area contributed by atoms with Crippen molar-refractivity contribution in [3.8, 4) is 0 Å². The summed E-state index contributed by atoms with van der Waals surface area (Å²) in [7, 11) is 0. The Bertz CT molecular complexity index is 2290. The molecule has 10 rings (SSSR count). The van der Waals surface area contributed by atoms with E-state index in [1.165, 1.54) is 71.4 Å². The van der Waals surface area contributed by atoms with Crippen LogP contribution in [0.25, 0.3) is 54.9 Å². The first kappa shape index (κ1) is 21.1. The topological polar surface area (TPSA) is 7.65 Å². The average Bonchev–Trinajstić information content (AvgIpc) is 3.66. The van der Waals surface area contributed by atoms with Crippen molar-refractivity contribution in [3.05, 3.63) is 132 Å².